The van der Waals surface area contributed by atoms with Gasteiger partial charge in [0.15, 0.2) is 0 Å². The minimum atomic E-state index is -1.08. The molecule has 0 aliphatic rings. The number of hydrogen-bond acceptors (Lipinski definition) is 7. The third-order valence-electron chi connectivity index (χ3n) is 5.92. The molecule has 0 radical (unpaired) electrons. The zero-order valence-corrected chi connectivity index (χ0v) is 20.7. The van der Waals surface area contributed by atoms with Crippen molar-refractivity contribution in [2.75, 3.05) is 5.32 Å². The van der Waals surface area contributed by atoms with E-state index in [0.717, 1.165) is 36.1 Å². The quantitative estimate of drug-likeness (QED) is 0.252. The number of aliphatic carboxylic acids is 1. The van der Waals surface area contributed by atoms with Gasteiger partial charge in [-0.1, -0.05) is 38.0 Å². The van der Waals surface area contributed by atoms with Crippen LogP contribution in [0.1, 0.15) is 55.1 Å². The second-order valence-corrected chi connectivity index (χ2v) is 8.70. The van der Waals surface area contributed by atoms with Gasteiger partial charge in [-0.05, 0) is 67.4 Å². The number of carbonyl (C=O) groups excluding carboxylic acids is 1. The fourth-order valence-electron chi connectivity index (χ4n) is 3.78. The highest BCUT2D eigenvalue weighted by atomic mass is 16.4. The van der Waals surface area contributed by atoms with E-state index < -0.39 is 17.9 Å². The molecule has 4 rings (SSSR count). The fraction of sp³-hybridized carbons (Fsp3) is 0.250. The van der Waals surface area contributed by atoms with E-state index in [2.05, 4.69) is 32.7 Å². The van der Waals surface area contributed by atoms with Crippen LogP contribution in [0.25, 0.3) is 23.0 Å². The fourth-order valence-corrected chi connectivity index (χ4v) is 3.78. The molecule has 0 aliphatic heterocycles. The van der Waals surface area contributed by atoms with E-state index in [1.165, 1.54) is 6.92 Å². The minimum absolute atomic E-state index is 0.0625. The monoisotopic (exact) mass is 499 g/mol. The number of aromatic nitrogens is 3. The van der Waals surface area contributed by atoms with Gasteiger partial charge in [-0.15, -0.1) is 10.2 Å². The van der Waals surface area contributed by atoms with E-state index in [4.69, 9.17) is 9.52 Å². The molecule has 0 aliphatic carbocycles. The van der Waals surface area contributed by atoms with Crippen molar-refractivity contribution in [1.82, 2.24) is 20.5 Å². The summed E-state index contributed by atoms with van der Waals surface area (Å²) in [6.07, 6.45) is 4.72. The first-order chi connectivity index (χ1) is 17.9. The lowest BCUT2D eigenvalue weighted by molar-refractivity contribution is -0.138. The number of carboxylic acid groups (broad SMARTS) is 1. The predicted octanol–water partition coefficient (Wildman–Crippen LogP) is 5.34. The summed E-state index contributed by atoms with van der Waals surface area (Å²) in [7, 11) is 0. The number of nitrogens with zero attached hydrogens (tertiary/aromatic N) is 3. The van der Waals surface area contributed by atoms with Crippen LogP contribution in [0.3, 0.4) is 0 Å². The average molecular weight is 500 g/mol. The molecule has 2 aromatic heterocycles. The van der Waals surface area contributed by atoms with E-state index in [0.29, 0.717) is 23.0 Å². The van der Waals surface area contributed by atoms with E-state index in [1.54, 1.807) is 18.3 Å². The Bertz CT molecular complexity index is 1320. The molecule has 2 heterocycles. The molecule has 0 saturated carbocycles. The Morgan fingerprint density at radius 2 is 1.70 bits per heavy atom. The first kappa shape index (κ1) is 25.6. The van der Waals surface area contributed by atoms with Crippen LogP contribution < -0.4 is 10.6 Å². The molecule has 9 heteroatoms. The molecule has 2 aromatic carbocycles. The Balaban J connectivity index is 1.46. The zero-order chi connectivity index (χ0) is 26.2. The maximum atomic E-state index is 12.3. The van der Waals surface area contributed by atoms with Crippen molar-refractivity contribution in [1.29, 1.82) is 0 Å². The Labute approximate surface area is 215 Å². The van der Waals surface area contributed by atoms with Crippen LogP contribution in [0.5, 0.6) is 0 Å². The second kappa shape index (κ2) is 11.9. The molecule has 4 aromatic rings. The Kier molecular flexibility index (Phi) is 8.25. The number of benzene rings is 2. The van der Waals surface area contributed by atoms with Gasteiger partial charge < -0.3 is 20.2 Å². The number of hydrogen-bond donors (Lipinski definition) is 3. The molecule has 0 bridgehead atoms. The Hall–Kier alpha value is -4.53. The van der Waals surface area contributed by atoms with Gasteiger partial charge in [0, 0.05) is 23.0 Å². The maximum Gasteiger partial charge on any atom is 0.325 e. The summed E-state index contributed by atoms with van der Waals surface area (Å²) in [6, 6.07) is 19.6. The lowest BCUT2D eigenvalue weighted by Gasteiger charge is -2.21. The highest BCUT2D eigenvalue weighted by molar-refractivity contribution is 5.96. The molecule has 37 heavy (non-hydrogen) atoms. The Morgan fingerprint density at radius 1 is 0.973 bits per heavy atom. The number of anilines is 1. The zero-order valence-electron chi connectivity index (χ0n) is 20.7. The molecular weight excluding hydrogens is 470 g/mol. The second-order valence-electron chi connectivity index (χ2n) is 8.70. The highest BCUT2D eigenvalue weighted by Crippen LogP contribution is 2.28. The number of unbranched alkanes of at least 4 members (excludes halogenated alkanes) is 1. The van der Waals surface area contributed by atoms with Crippen molar-refractivity contribution >= 4 is 17.6 Å². The average Bonchev–Trinajstić information content (AvgIpc) is 3.42. The molecular formula is C28H29N5O4. The third-order valence-corrected chi connectivity index (χ3v) is 5.92. The molecule has 2 atom stereocenters. The normalized spacial score (nSPS) is 12.5. The van der Waals surface area contributed by atoms with Crippen LogP contribution >= 0.6 is 0 Å². The summed E-state index contributed by atoms with van der Waals surface area (Å²) < 4.78 is 5.82. The molecule has 0 fully saturated rings. The first-order valence-electron chi connectivity index (χ1n) is 12.2. The lowest BCUT2D eigenvalue weighted by Crippen LogP contribution is -2.38. The van der Waals surface area contributed by atoms with Gasteiger partial charge in [-0.25, -0.2) is 0 Å². The smallest absolute Gasteiger partial charge is 0.325 e. The van der Waals surface area contributed by atoms with Crippen molar-refractivity contribution < 1.29 is 19.1 Å². The number of rotatable bonds is 11. The van der Waals surface area contributed by atoms with Crippen LogP contribution in [-0.2, 0) is 4.79 Å². The van der Waals surface area contributed by atoms with Gasteiger partial charge in [0.1, 0.15) is 11.7 Å². The molecule has 1 amide bonds. The summed E-state index contributed by atoms with van der Waals surface area (Å²) in [5, 5.41) is 23.3. The number of amides is 1. The SMILES string of the molecule is CCCCC(Nc1ccc(C(=O)N[C@@H](C)C(=O)O)cc1)c1ccc(-c2nnc(-c3ccccn3)o2)cc1. The summed E-state index contributed by atoms with van der Waals surface area (Å²) >= 11 is 0. The van der Waals surface area contributed by atoms with Crippen molar-refractivity contribution in [3.8, 4) is 23.0 Å². The van der Waals surface area contributed by atoms with Crippen molar-refractivity contribution in [3.05, 3.63) is 84.1 Å². The van der Waals surface area contributed by atoms with Crippen LogP contribution in [0, 0.1) is 0 Å². The Morgan fingerprint density at radius 3 is 2.35 bits per heavy atom. The standard InChI is InChI=1S/C28H29N5O4/c1-3-4-7-23(31-22-15-13-20(14-16-22)25(34)30-18(2)28(35)36)19-9-11-21(12-10-19)26-32-33-27(37-26)24-8-5-6-17-29-24/h5-6,8-18,23,31H,3-4,7H2,1-2H3,(H,30,34)(H,35,36)/t18-,23?/m0/s1. The van der Waals surface area contributed by atoms with E-state index in [1.807, 2.05) is 54.6 Å². The molecule has 190 valence electrons. The van der Waals surface area contributed by atoms with Crippen LogP contribution in [0.2, 0.25) is 0 Å². The molecule has 1 unspecified atom stereocenters. The maximum absolute atomic E-state index is 12.3. The van der Waals surface area contributed by atoms with Gasteiger partial charge >= 0.3 is 5.97 Å². The number of carbonyl (C=O) groups is 2. The number of carboxylic acids is 1. The molecule has 9 nitrogen and oxygen atoms in total. The van der Waals surface area contributed by atoms with Gasteiger partial charge in [-0.2, -0.15) is 0 Å². The van der Waals surface area contributed by atoms with Gasteiger partial charge in [0.25, 0.3) is 11.8 Å². The topological polar surface area (TPSA) is 130 Å². The highest BCUT2D eigenvalue weighted by Gasteiger charge is 2.17. The summed E-state index contributed by atoms with van der Waals surface area (Å²) in [4.78, 5) is 27.5. The number of nitrogens with one attached hydrogen (secondary N) is 2. The molecule has 3 N–H and O–H groups in total. The van der Waals surface area contributed by atoms with Crippen molar-refractivity contribution in [2.45, 2.75) is 45.2 Å². The largest absolute Gasteiger partial charge is 0.480 e. The van der Waals surface area contributed by atoms with Crippen molar-refractivity contribution in [2.24, 2.45) is 0 Å². The summed E-state index contributed by atoms with van der Waals surface area (Å²) in [6.45, 7) is 3.58. The van der Waals surface area contributed by atoms with E-state index in [-0.39, 0.29) is 6.04 Å². The van der Waals surface area contributed by atoms with Crippen LogP contribution in [0.4, 0.5) is 5.69 Å². The van der Waals surface area contributed by atoms with Crippen molar-refractivity contribution in [3.63, 3.8) is 0 Å². The van der Waals surface area contributed by atoms with Gasteiger partial charge in [-0.3, -0.25) is 14.6 Å². The van der Waals surface area contributed by atoms with E-state index >= 15 is 0 Å². The summed E-state index contributed by atoms with van der Waals surface area (Å²) in [5.41, 5.74) is 3.82. The summed E-state index contributed by atoms with van der Waals surface area (Å²) in [5.74, 6) is -0.705. The van der Waals surface area contributed by atoms with Gasteiger partial charge in [0.2, 0.25) is 5.89 Å². The third kappa shape index (κ3) is 6.58. The number of pyridine rings is 1. The van der Waals surface area contributed by atoms with Crippen LogP contribution in [-0.4, -0.2) is 38.2 Å². The first-order valence-corrected chi connectivity index (χ1v) is 12.2. The van der Waals surface area contributed by atoms with Gasteiger partial charge in [0.05, 0.1) is 6.04 Å². The lowest BCUT2D eigenvalue weighted by atomic mass is 9.99. The van der Waals surface area contributed by atoms with E-state index in [9.17, 15) is 9.59 Å². The van der Waals surface area contributed by atoms with Crippen LogP contribution in [0.15, 0.2) is 77.3 Å². The predicted molar refractivity (Wildman–Crippen MR) is 140 cm³/mol. The molecule has 0 spiro atoms. The molecule has 0 saturated heterocycles. The minimum Gasteiger partial charge on any atom is -0.480 e.